The van der Waals surface area contributed by atoms with Crippen molar-refractivity contribution in [2.24, 2.45) is 12.1 Å². The number of hydrogen-bond acceptors (Lipinski definition) is 6. The number of nitro groups is 1. The quantitative estimate of drug-likeness (QED) is 0.354. The molecule has 3 aromatic rings. The highest BCUT2D eigenvalue weighted by atomic mass is 79.9. The van der Waals surface area contributed by atoms with E-state index in [1.165, 1.54) is 18.3 Å². The third kappa shape index (κ3) is 4.49. The van der Waals surface area contributed by atoms with Crippen molar-refractivity contribution in [3.05, 3.63) is 73.8 Å². The average Bonchev–Trinajstić information content (AvgIpc) is 3.16. The van der Waals surface area contributed by atoms with Gasteiger partial charge in [0.1, 0.15) is 0 Å². The van der Waals surface area contributed by atoms with Gasteiger partial charge < -0.3 is 0 Å². The summed E-state index contributed by atoms with van der Waals surface area (Å²) in [5.41, 5.74) is 5.05. The van der Waals surface area contributed by atoms with Crippen molar-refractivity contribution in [3.63, 3.8) is 0 Å². The Morgan fingerprint density at radius 3 is 2.64 bits per heavy atom. The number of hydrogen-bond donors (Lipinski definition) is 1. The average molecular weight is 446 g/mol. The largest absolute Gasteiger partial charge is 0.293 e. The smallest absolute Gasteiger partial charge is 0.275 e. The van der Waals surface area contributed by atoms with Gasteiger partial charge in [0.2, 0.25) is 0 Å². The van der Waals surface area contributed by atoms with Crippen LogP contribution in [-0.2, 0) is 13.6 Å². The number of carbonyl (C=O) groups excluding carboxylic acids is 1. The molecule has 0 radical (unpaired) electrons. The Hall–Kier alpha value is -3.34. The molecule has 1 aromatic carbocycles. The molecule has 0 spiro atoms. The molecule has 28 heavy (non-hydrogen) atoms. The van der Waals surface area contributed by atoms with Crippen LogP contribution in [0.25, 0.3) is 0 Å². The van der Waals surface area contributed by atoms with Crippen molar-refractivity contribution in [2.45, 2.75) is 13.5 Å². The van der Waals surface area contributed by atoms with Crippen LogP contribution < -0.4 is 5.43 Å². The molecule has 144 valence electrons. The van der Waals surface area contributed by atoms with Crippen LogP contribution in [0.5, 0.6) is 0 Å². The summed E-state index contributed by atoms with van der Waals surface area (Å²) in [4.78, 5) is 22.6. The fourth-order valence-corrected chi connectivity index (χ4v) is 3.00. The maximum atomic E-state index is 12.3. The van der Waals surface area contributed by atoms with Crippen LogP contribution in [0.4, 0.5) is 5.69 Å². The molecular formula is C17H16BrN7O3. The Bertz CT molecular complexity index is 1050. The molecule has 0 aliphatic rings. The number of carbonyl (C=O) groups is 1. The van der Waals surface area contributed by atoms with Crippen LogP contribution in [0.15, 0.2) is 46.2 Å². The van der Waals surface area contributed by atoms with Gasteiger partial charge in [-0.05, 0) is 28.4 Å². The summed E-state index contributed by atoms with van der Waals surface area (Å²) in [5, 5.41) is 23.1. The Morgan fingerprint density at radius 1 is 1.32 bits per heavy atom. The maximum absolute atomic E-state index is 12.3. The minimum absolute atomic E-state index is 0.0205. The molecule has 0 aliphatic heterocycles. The first-order chi connectivity index (χ1) is 13.3. The fraction of sp³-hybridized carbons (Fsp3) is 0.176. The Morgan fingerprint density at radius 2 is 2.04 bits per heavy atom. The molecule has 0 saturated heterocycles. The SMILES string of the molecule is Cc1nn(C)cc1C=NNC(=O)c1nn(Cc2ccc([N+](=O)[O-])cc2)cc1Br. The molecule has 0 aliphatic carbocycles. The highest BCUT2D eigenvalue weighted by molar-refractivity contribution is 9.10. The molecule has 1 amide bonds. The zero-order chi connectivity index (χ0) is 20.3. The van der Waals surface area contributed by atoms with Crippen molar-refractivity contribution in [2.75, 3.05) is 0 Å². The summed E-state index contributed by atoms with van der Waals surface area (Å²) in [7, 11) is 1.80. The molecule has 2 aromatic heterocycles. The number of aromatic nitrogens is 4. The maximum Gasteiger partial charge on any atom is 0.293 e. The van der Waals surface area contributed by atoms with Gasteiger partial charge in [-0.25, -0.2) is 5.43 Å². The van der Waals surface area contributed by atoms with Crippen LogP contribution in [0, 0.1) is 17.0 Å². The molecule has 0 unspecified atom stereocenters. The standard InChI is InChI=1S/C17H16BrN7O3/c1-11-13(9-23(2)21-11)7-19-20-17(26)16-15(18)10-24(22-16)8-12-3-5-14(6-4-12)25(27)28/h3-7,9-10H,8H2,1-2H3,(H,20,26). The van der Waals surface area contributed by atoms with Crippen LogP contribution in [-0.4, -0.2) is 36.6 Å². The lowest BCUT2D eigenvalue weighted by Gasteiger charge is -2.01. The van der Waals surface area contributed by atoms with Gasteiger partial charge in [0.25, 0.3) is 11.6 Å². The number of nitro benzene ring substituents is 1. The second kappa shape index (κ2) is 8.13. The van der Waals surface area contributed by atoms with E-state index in [1.807, 2.05) is 6.92 Å². The summed E-state index contributed by atoms with van der Waals surface area (Å²) in [6, 6.07) is 6.15. The van der Waals surface area contributed by atoms with Gasteiger partial charge in [0.05, 0.1) is 27.8 Å². The highest BCUT2D eigenvalue weighted by Crippen LogP contribution is 2.17. The molecule has 0 bridgehead atoms. The molecule has 11 heteroatoms. The summed E-state index contributed by atoms with van der Waals surface area (Å²) < 4.78 is 3.74. The van der Waals surface area contributed by atoms with Gasteiger partial charge in [-0.3, -0.25) is 24.3 Å². The van der Waals surface area contributed by atoms with Gasteiger partial charge >= 0.3 is 0 Å². The summed E-state index contributed by atoms with van der Waals surface area (Å²) in [5.74, 6) is -0.466. The lowest BCUT2D eigenvalue weighted by Crippen LogP contribution is -2.19. The Kier molecular flexibility index (Phi) is 5.64. The molecule has 3 rings (SSSR count). The van der Waals surface area contributed by atoms with E-state index >= 15 is 0 Å². The predicted octanol–water partition coefficient (Wildman–Crippen LogP) is 2.41. The van der Waals surface area contributed by atoms with Crippen LogP contribution >= 0.6 is 15.9 Å². The van der Waals surface area contributed by atoms with Crippen molar-refractivity contribution in [1.29, 1.82) is 0 Å². The topological polar surface area (TPSA) is 120 Å². The molecule has 0 saturated carbocycles. The second-order valence-electron chi connectivity index (χ2n) is 5.99. The number of aryl methyl sites for hydroxylation is 2. The molecule has 2 heterocycles. The number of nitrogens with zero attached hydrogens (tertiary/aromatic N) is 6. The monoisotopic (exact) mass is 445 g/mol. The third-order valence-electron chi connectivity index (χ3n) is 3.85. The van der Waals surface area contributed by atoms with E-state index in [4.69, 9.17) is 0 Å². The number of non-ortho nitro benzene ring substituents is 1. The van der Waals surface area contributed by atoms with E-state index in [2.05, 4.69) is 36.7 Å². The number of rotatable bonds is 6. The number of benzene rings is 1. The normalized spacial score (nSPS) is 11.1. The van der Waals surface area contributed by atoms with Gasteiger partial charge in [0.15, 0.2) is 5.69 Å². The molecule has 0 fully saturated rings. The first-order valence-corrected chi connectivity index (χ1v) is 8.92. The van der Waals surface area contributed by atoms with Gasteiger partial charge in [0, 0.05) is 37.1 Å². The summed E-state index contributed by atoms with van der Waals surface area (Å²) >= 11 is 3.31. The Balaban J connectivity index is 1.66. The van der Waals surface area contributed by atoms with Crippen molar-refractivity contribution in [3.8, 4) is 0 Å². The van der Waals surface area contributed by atoms with E-state index in [0.717, 1.165) is 16.8 Å². The predicted molar refractivity (Wildman–Crippen MR) is 105 cm³/mol. The number of halogens is 1. The third-order valence-corrected chi connectivity index (χ3v) is 4.43. The lowest BCUT2D eigenvalue weighted by atomic mass is 10.2. The molecule has 1 N–H and O–H groups in total. The van der Waals surface area contributed by atoms with Gasteiger partial charge in [-0.15, -0.1) is 0 Å². The second-order valence-corrected chi connectivity index (χ2v) is 6.84. The van der Waals surface area contributed by atoms with Gasteiger partial charge in [-0.2, -0.15) is 15.3 Å². The van der Waals surface area contributed by atoms with Crippen molar-refractivity contribution in [1.82, 2.24) is 25.0 Å². The highest BCUT2D eigenvalue weighted by Gasteiger charge is 2.15. The number of hydrazone groups is 1. The fourth-order valence-electron chi connectivity index (χ4n) is 2.50. The summed E-state index contributed by atoms with van der Waals surface area (Å²) in [6.07, 6.45) is 4.97. The zero-order valence-electron chi connectivity index (χ0n) is 15.0. The number of nitrogens with one attached hydrogen (secondary N) is 1. The summed E-state index contributed by atoms with van der Waals surface area (Å²) in [6.45, 7) is 2.21. The van der Waals surface area contributed by atoms with E-state index in [9.17, 15) is 14.9 Å². The lowest BCUT2D eigenvalue weighted by molar-refractivity contribution is -0.384. The van der Waals surface area contributed by atoms with Gasteiger partial charge in [-0.1, -0.05) is 12.1 Å². The first-order valence-electron chi connectivity index (χ1n) is 8.13. The molecule has 0 atom stereocenters. The van der Waals surface area contributed by atoms with E-state index in [-0.39, 0.29) is 11.4 Å². The van der Waals surface area contributed by atoms with Crippen molar-refractivity contribution < 1.29 is 9.72 Å². The molecule has 10 nitrogen and oxygen atoms in total. The van der Waals surface area contributed by atoms with Crippen molar-refractivity contribution >= 4 is 33.7 Å². The van der Waals surface area contributed by atoms with E-state index in [1.54, 1.807) is 40.9 Å². The first kappa shape index (κ1) is 19.4. The minimum Gasteiger partial charge on any atom is -0.275 e. The van der Waals surface area contributed by atoms with Crippen LogP contribution in [0.1, 0.15) is 27.3 Å². The van der Waals surface area contributed by atoms with Crippen LogP contribution in [0.2, 0.25) is 0 Å². The van der Waals surface area contributed by atoms with E-state index in [0.29, 0.717) is 11.0 Å². The van der Waals surface area contributed by atoms with Crippen LogP contribution in [0.3, 0.4) is 0 Å². The Labute approximate surface area is 168 Å². The minimum atomic E-state index is -0.466. The molecular weight excluding hydrogens is 430 g/mol. The number of amides is 1. The zero-order valence-corrected chi connectivity index (χ0v) is 16.6. The van der Waals surface area contributed by atoms with E-state index < -0.39 is 10.8 Å².